The minimum atomic E-state index is -1.17. The molecule has 0 aliphatic carbocycles. The van der Waals surface area contributed by atoms with E-state index >= 15 is 0 Å². The van der Waals surface area contributed by atoms with Crippen molar-refractivity contribution < 1.29 is 19.4 Å². The number of hydrogen-bond donors (Lipinski definition) is 1. The molecule has 0 heterocycles. The van der Waals surface area contributed by atoms with Gasteiger partial charge in [-0.05, 0) is 26.2 Å². The van der Waals surface area contributed by atoms with Gasteiger partial charge in [0.1, 0.15) is 5.60 Å². The Morgan fingerprint density at radius 3 is 1.94 bits per heavy atom. The Morgan fingerprint density at radius 1 is 1.25 bits per heavy atom. The van der Waals surface area contributed by atoms with Crippen molar-refractivity contribution in [2.45, 2.75) is 53.2 Å². The number of hydrogen-bond acceptors (Lipinski definition) is 3. The second kappa shape index (κ2) is 4.76. The van der Waals surface area contributed by atoms with Gasteiger partial charge in [0.15, 0.2) is 6.10 Å². The fourth-order valence-electron chi connectivity index (χ4n) is 0.948. The van der Waals surface area contributed by atoms with Crippen molar-refractivity contribution in [1.82, 2.24) is 0 Å². The Kier molecular flexibility index (Phi) is 4.41. The highest BCUT2D eigenvalue weighted by Gasteiger charge is 2.40. The second-order valence-corrected chi connectivity index (χ2v) is 5.76. The second-order valence-electron chi connectivity index (χ2n) is 5.76. The quantitative estimate of drug-likeness (QED) is 0.335. The number of aliphatic hydroxyl groups is 1. The summed E-state index contributed by atoms with van der Waals surface area (Å²) in [5, 5.41) is 9.82. The van der Waals surface area contributed by atoms with Crippen LogP contribution in [0.3, 0.4) is 0 Å². The smallest absolute Gasteiger partial charge is 0.420 e. The standard InChI is InChI=1S/C11H20N2O3/c1-10(2,3)8(14)7(13-12)9(15)16-11(4,5)6/h8,14H,1-6H3/t8-/m0/s1. The Balaban J connectivity index is 4.93. The molecule has 16 heavy (non-hydrogen) atoms. The molecule has 92 valence electrons. The molecule has 0 aliphatic heterocycles. The zero-order valence-corrected chi connectivity index (χ0v) is 10.7. The SMILES string of the molecule is CC(C)(C)OC(=O)C(=[N+]=[N-])[C@H](O)C(C)(C)C. The number of aliphatic hydroxyl groups excluding tert-OH is 1. The van der Waals surface area contributed by atoms with Gasteiger partial charge in [0.25, 0.3) is 0 Å². The molecular weight excluding hydrogens is 208 g/mol. The Hall–Kier alpha value is -1.19. The highest BCUT2D eigenvalue weighted by molar-refractivity contribution is 6.35. The molecule has 0 saturated heterocycles. The lowest BCUT2D eigenvalue weighted by Gasteiger charge is -2.23. The maximum atomic E-state index is 11.6. The van der Waals surface area contributed by atoms with Crippen LogP contribution in [0.15, 0.2) is 0 Å². The number of esters is 1. The van der Waals surface area contributed by atoms with E-state index in [1.165, 1.54) is 0 Å². The van der Waals surface area contributed by atoms with Gasteiger partial charge in [0.05, 0.1) is 0 Å². The van der Waals surface area contributed by atoms with Crippen molar-refractivity contribution in [1.29, 1.82) is 0 Å². The highest BCUT2D eigenvalue weighted by Crippen LogP contribution is 2.20. The highest BCUT2D eigenvalue weighted by atomic mass is 16.6. The van der Waals surface area contributed by atoms with E-state index in [0.29, 0.717) is 0 Å². The molecular formula is C11H20N2O3. The summed E-state index contributed by atoms with van der Waals surface area (Å²) in [4.78, 5) is 14.4. The maximum absolute atomic E-state index is 11.6. The lowest BCUT2D eigenvalue weighted by Crippen LogP contribution is -2.42. The summed E-state index contributed by atoms with van der Waals surface area (Å²) in [6, 6.07) is 0. The Labute approximate surface area is 96.0 Å². The molecule has 0 fully saturated rings. The molecule has 0 bridgehead atoms. The normalized spacial score (nSPS) is 13.9. The van der Waals surface area contributed by atoms with E-state index in [-0.39, 0.29) is 5.71 Å². The number of carbonyl (C=O) groups excluding carboxylic acids is 1. The van der Waals surface area contributed by atoms with Gasteiger partial charge in [0.2, 0.25) is 0 Å². The largest absolute Gasteiger partial charge is 0.451 e. The third kappa shape index (κ3) is 4.55. The van der Waals surface area contributed by atoms with Gasteiger partial charge in [-0.1, -0.05) is 20.8 Å². The molecule has 0 aliphatic rings. The van der Waals surface area contributed by atoms with Crippen LogP contribution < -0.4 is 0 Å². The van der Waals surface area contributed by atoms with Gasteiger partial charge in [-0.15, -0.1) is 0 Å². The van der Waals surface area contributed by atoms with Crippen LogP contribution in [0.25, 0.3) is 5.53 Å². The summed E-state index contributed by atoms with van der Waals surface area (Å²) < 4.78 is 5.02. The minimum absolute atomic E-state index is 0.373. The molecule has 0 rings (SSSR count). The molecule has 1 N–H and O–H groups in total. The van der Waals surface area contributed by atoms with Crippen LogP contribution in [0.5, 0.6) is 0 Å². The molecule has 5 nitrogen and oxygen atoms in total. The van der Waals surface area contributed by atoms with Crippen LogP contribution in [0.1, 0.15) is 41.5 Å². The van der Waals surface area contributed by atoms with E-state index in [1.54, 1.807) is 41.5 Å². The topological polar surface area (TPSA) is 82.9 Å². The van der Waals surface area contributed by atoms with E-state index < -0.39 is 23.1 Å². The molecule has 0 spiro atoms. The molecule has 0 saturated carbocycles. The fourth-order valence-corrected chi connectivity index (χ4v) is 0.948. The molecule has 0 radical (unpaired) electrons. The van der Waals surface area contributed by atoms with Gasteiger partial charge in [-0.25, -0.2) is 4.79 Å². The molecule has 0 aromatic carbocycles. The fraction of sp³-hybridized carbons (Fsp3) is 0.818. The molecule has 0 unspecified atom stereocenters. The van der Waals surface area contributed by atoms with Crippen molar-refractivity contribution in [3.63, 3.8) is 0 Å². The van der Waals surface area contributed by atoms with Crippen LogP contribution in [-0.2, 0) is 9.53 Å². The van der Waals surface area contributed by atoms with E-state index in [0.717, 1.165) is 0 Å². The molecule has 1 atom stereocenters. The van der Waals surface area contributed by atoms with E-state index in [2.05, 4.69) is 4.79 Å². The third-order valence-electron chi connectivity index (χ3n) is 1.80. The van der Waals surface area contributed by atoms with Crippen molar-refractivity contribution in [2.24, 2.45) is 5.41 Å². The van der Waals surface area contributed by atoms with Gasteiger partial charge in [0, 0.05) is 0 Å². The summed E-state index contributed by atoms with van der Waals surface area (Å²) >= 11 is 0. The van der Waals surface area contributed by atoms with E-state index in [9.17, 15) is 9.90 Å². The zero-order valence-electron chi connectivity index (χ0n) is 10.7. The van der Waals surface area contributed by atoms with E-state index in [1.807, 2.05) is 0 Å². The summed E-state index contributed by atoms with van der Waals surface area (Å²) in [6.07, 6.45) is -1.17. The molecule has 0 amide bonds. The average Bonchev–Trinajstić information content (AvgIpc) is 1.99. The summed E-state index contributed by atoms with van der Waals surface area (Å²) in [5.74, 6) is -0.808. The summed E-state index contributed by atoms with van der Waals surface area (Å²) in [5.41, 5.74) is 7.09. The summed E-state index contributed by atoms with van der Waals surface area (Å²) in [7, 11) is 0. The first-order chi connectivity index (χ1) is 6.99. The number of carbonyl (C=O) groups is 1. The van der Waals surface area contributed by atoms with Crippen LogP contribution in [-0.4, -0.2) is 33.3 Å². The zero-order chi connectivity index (χ0) is 13.1. The Morgan fingerprint density at radius 2 is 1.69 bits per heavy atom. The number of nitrogens with zero attached hydrogens (tertiary/aromatic N) is 2. The lowest BCUT2D eigenvalue weighted by molar-refractivity contribution is -0.153. The van der Waals surface area contributed by atoms with Crippen LogP contribution in [0.4, 0.5) is 0 Å². The minimum Gasteiger partial charge on any atom is -0.451 e. The van der Waals surface area contributed by atoms with Crippen molar-refractivity contribution >= 4 is 11.7 Å². The van der Waals surface area contributed by atoms with Crippen molar-refractivity contribution in [3.8, 4) is 0 Å². The van der Waals surface area contributed by atoms with Gasteiger partial charge < -0.3 is 15.4 Å². The van der Waals surface area contributed by atoms with Crippen molar-refractivity contribution in [2.75, 3.05) is 0 Å². The monoisotopic (exact) mass is 228 g/mol. The third-order valence-corrected chi connectivity index (χ3v) is 1.80. The van der Waals surface area contributed by atoms with Crippen LogP contribution in [0.2, 0.25) is 0 Å². The van der Waals surface area contributed by atoms with Crippen LogP contribution in [0, 0.1) is 5.41 Å². The van der Waals surface area contributed by atoms with Crippen LogP contribution >= 0.6 is 0 Å². The summed E-state index contributed by atoms with van der Waals surface area (Å²) in [6.45, 7) is 10.3. The van der Waals surface area contributed by atoms with Gasteiger partial charge in [-0.2, -0.15) is 4.79 Å². The number of ether oxygens (including phenoxy) is 1. The molecule has 0 aromatic heterocycles. The Bertz CT molecular complexity index is 317. The lowest BCUT2D eigenvalue weighted by atomic mass is 9.86. The number of rotatable bonds is 2. The van der Waals surface area contributed by atoms with E-state index in [4.69, 9.17) is 10.3 Å². The van der Waals surface area contributed by atoms with Crippen molar-refractivity contribution in [3.05, 3.63) is 5.53 Å². The maximum Gasteiger partial charge on any atom is 0.420 e. The predicted octanol–water partition coefficient (Wildman–Crippen LogP) is 1.41. The first-order valence-electron chi connectivity index (χ1n) is 5.12. The molecule has 5 heteroatoms. The average molecular weight is 228 g/mol. The predicted molar refractivity (Wildman–Crippen MR) is 59.9 cm³/mol. The van der Waals surface area contributed by atoms with Gasteiger partial charge >= 0.3 is 11.7 Å². The molecule has 0 aromatic rings. The van der Waals surface area contributed by atoms with Gasteiger partial charge in [-0.3, -0.25) is 0 Å². The first kappa shape index (κ1) is 14.8. The first-order valence-corrected chi connectivity index (χ1v) is 5.12.